The minimum atomic E-state index is -4.49. The van der Waals surface area contributed by atoms with Crippen LogP contribution < -0.4 is 11.1 Å². The molecule has 1 atom stereocenters. The second kappa shape index (κ2) is 11.0. The second-order valence-electron chi connectivity index (χ2n) is 6.71. The maximum absolute atomic E-state index is 13.1. The molecule has 2 aromatic carbocycles. The lowest BCUT2D eigenvalue weighted by Gasteiger charge is -2.21. The van der Waals surface area contributed by atoms with Crippen LogP contribution in [0.3, 0.4) is 0 Å². The fraction of sp³-hybridized carbons (Fsp3) is 0.273. The molecule has 0 spiro atoms. The first-order valence-corrected chi connectivity index (χ1v) is 9.91. The number of carbonyl (C=O) groups excluding carboxylic acids is 1. The van der Waals surface area contributed by atoms with Gasteiger partial charge >= 0.3 is 6.18 Å². The summed E-state index contributed by atoms with van der Waals surface area (Å²) in [7, 11) is 0. The average molecular weight is 454 g/mol. The number of amides is 1. The molecule has 0 aliphatic carbocycles. The molecule has 31 heavy (non-hydrogen) atoms. The quantitative estimate of drug-likeness (QED) is 0.391. The Labute approximate surface area is 183 Å². The monoisotopic (exact) mass is 453 g/mol. The van der Waals surface area contributed by atoms with Gasteiger partial charge in [0.1, 0.15) is 0 Å². The van der Waals surface area contributed by atoms with Crippen LogP contribution in [0.2, 0.25) is 5.02 Å². The number of carbonyl (C=O) groups is 1. The average Bonchev–Trinajstić information content (AvgIpc) is 2.74. The summed E-state index contributed by atoms with van der Waals surface area (Å²) in [4.78, 5) is 17.1. The smallest absolute Gasteiger partial charge is 0.404 e. The van der Waals surface area contributed by atoms with Crippen molar-refractivity contribution in [2.75, 3.05) is 6.61 Å². The number of aliphatic imine (C=N–C) groups is 1. The summed E-state index contributed by atoms with van der Waals surface area (Å²) in [6.45, 7) is 1.29. The molecule has 166 valence electrons. The van der Waals surface area contributed by atoms with E-state index in [0.717, 1.165) is 18.3 Å². The third kappa shape index (κ3) is 6.83. The topological polar surface area (TPSA) is 87.7 Å². The zero-order valence-electron chi connectivity index (χ0n) is 16.8. The van der Waals surface area contributed by atoms with Gasteiger partial charge in [-0.3, -0.25) is 9.79 Å². The van der Waals surface area contributed by atoms with Gasteiger partial charge in [0.2, 0.25) is 0 Å². The van der Waals surface area contributed by atoms with Gasteiger partial charge in [-0.1, -0.05) is 37.1 Å². The Hall–Kier alpha value is -2.84. The van der Waals surface area contributed by atoms with Crippen molar-refractivity contribution < 1.29 is 23.1 Å². The number of benzene rings is 2. The molecule has 1 amide bonds. The fourth-order valence-electron chi connectivity index (χ4n) is 2.93. The highest BCUT2D eigenvalue weighted by Gasteiger charge is 2.31. The van der Waals surface area contributed by atoms with Crippen molar-refractivity contribution in [1.29, 1.82) is 0 Å². The molecule has 0 bridgehead atoms. The van der Waals surface area contributed by atoms with Crippen molar-refractivity contribution in [3.63, 3.8) is 0 Å². The highest BCUT2D eigenvalue weighted by Crippen LogP contribution is 2.31. The minimum absolute atomic E-state index is 0.0154. The van der Waals surface area contributed by atoms with Crippen LogP contribution >= 0.6 is 11.6 Å². The summed E-state index contributed by atoms with van der Waals surface area (Å²) < 4.78 is 39.2. The van der Waals surface area contributed by atoms with Gasteiger partial charge in [-0.25, -0.2) is 0 Å². The van der Waals surface area contributed by atoms with Gasteiger partial charge in [-0.05, 0) is 48.4 Å². The molecule has 0 unspecified atom stereocenters. The Balaban J connectivity index is 2.30. The lowest BCUT2D eigenvalue weighted by Crippen LogP contribution is -2.33. The number of hydrogen-bond donors (Lipinski definition) is 3. The van der Waals surface area contributed by atoms with E-state index in [9.17, 15) is 23.1 Å². The molecule has 0 saturated heterocycles. The maximum atomic E-state index is 13.1. The molecule has 0 aliphatic heterocycles. The van der Waals surface area contributed by atoms with Gasteiger partial charge < -0.3 is 16.2 Å². The van der Waals surface area contributed by atoms with E-state index in [0.29, 0.717) is 29.1 Å². The van der Waals surface area contributed by atoms with E-state index in [2.05, 4.69) is 10.3 Å². The molecule has 2 aromatic rings. The number of aliphatic hydroxyl groups is 1. The van der Waals surface area contributed by atoms with E-state index in [1.807, 2.05) is 6.92 Å². The van der Waals surface area contributed by atoms with Gasteiger partial charge in [-0.15, -0.1) is 0 Å². The molecule has 0 saturated carbocycles. The van der Waals surface area contributed by atoms with Gasteiger partial charge in [0, 0.05) is 11.2 Å². The summed E-state index contributed by atoms with van der Waals surface area (Å²) in [6.07, 6.45) is -2.45. The number of nitrogens with zero attached hydrogens (tertiary/aromatic N) is 1. The van der Waals surface area contributed by atoms with Crippen molar-refractivity contribution in [2.24, 2.45) is 10.7 Å². The SMILES string of the molecule is CCC[C@H](NC(=O)C(=CN)C(CO)=Nc1ccc(Cl)cc1)c1cccc(C(F)(F)F)c1. The van der Waals surface area contributed by atoms with Gasteiger partial charge in [-0.2, -0.15) is 13.2 Å². The van der Waals surface area contributed by atoms with E-state index >= 15 is 0 Å². The maximum Gasteiger partial charge on any atom is 0.416 e. The number of alkyl halides is 3. The van der Waals surface area contributed by atoms with Crippen LogP contribution in [-0.4, -0.2) is 23.3 Å². The third-order valence-electron chi connectivity index (χ3n) is 4.46. The molecule has 5 nitrogen and oxygen atoms in total. The Morgan fingerprint density at radius 2 is 1.94 bits per heavy atom. The molecule has 4 N–H and O–H groups in total. The van der Waals surface area contributed by atoms with Gasteiger partial charge in [0.15, 0.2) is 0 Å². The van der Waals surface area contributed by atoms with Crippen LogP contribution in [-0.2, 0) is 11.0 Å². The molecule has 0 fully saturated rings. The van der Waals surface area contributed by atoms with Crippen LogP contribution in [0, 0.1) is 0 Å². The predicted molar refractivity (Wildman–Crippen MR) is 115 cm³/mol. The summed E-state index contributed by atoms with van der Waals surface area (Å²) in [5.41, 5.74) is 5.52. The molecule has 0 heterocycles. The number of nitrogens with one attached hydrogen (secondary N) is 1. The molecule has 0 radical (unpaired) electrons. The van der Waals surface area contributed by atoms with Crippen LogP contribution in [0.15, 0.2) is 65.3 Å². The third-order valence-corrected chi connectivity index (χ3v) is 4.71. The normalized spacial score (nSPS) is 13.7. The minimum Gasteiger partial charge on any atom is -0.404 e. The Bertz CT molecular complexity index is 957. The Kier molecular flexibility index (Phi) is 8.65. The van der Waals surface area contributed by atoms with E-state index in [-0.39, 0.29) is 11.3 Å². The van der Waals surface area contributed by atoms with E-state index in [4.69, 9.17) is 17.3 Å². The Morgan fingerprint density at radius 3 is 2.48 bits per heavy atom. The standard InChI is InChI=1S/C22H23ClF3N3O2/c1-2-4-19(14-5-3-6-15(11-14)22(24,25)26)29-21(31)18(12-27)20(13-30)28-17-9-7-16(23)8-10-17/h3,5-12,19,30H,2,4,13,27H2,1H3,(H,29,31)/t19-/m0/s1. The molecular formula is C22H23ClF3N3O2. The second-order valence-corrected chi connectivity index (χ2v) is 7.15. The summed E-state index contributed by atoms with van der Waals surface area (Å²) in [6, 6.07) is 10.6. The first-order chi connectivity index (χ1) is 14.7. The van der Waals surface area contributed by atoms with E-state index in [1.54, 1.807) is 24.3 Å². The van der Waals surface area contributed by atoms with Crippen LogP contribution in [0.25, 0.3) is 0 Å². The van der Waals surface area contributed by atoms with Gasteiger partial charge in [0.05, 0.1) is 35.2 Å². The van der Waals surface area contributed by atoms with Crippen LogP contribution in [0.5, 0.6) is 0 Å². The number of nitrogens with two attached hydrogens (primary N) is 1. The zero-order valence-corrected chi connectivity index (χ0v) is 17.5. The van der Waals surface area contributed by atoms with Crippen molar-refractivity contribution in [1.82, 2.24) is 5.32 Å². The largest absolute Gasteiger partial charge is 0.416 e. The summed E-state index contributed by atoms with van der Waals surface area (Å²) in [5, 5.41) is 12.9. The molecule has 2 rings (SSSR count). The number of rotatable bonds is 8. The first kappa shape index (κ1) is 24.4. The summed E-state index contributed by atoms with van der Waals surface area (Å²) in [5.74, 6) is -0.653. The lowest BCUT2D eigenvalue weighted by molar-refractivity contribution is -0.137. The Morgan fingerprint density at radius 1 is 1.26 bits per heavy atom. The highest BCUT2D eigenvalue weighted by atomic mass is 35.5. The molecule has 9 heteroatoms. The van der Waals surface area contributed by atoms with E-state index < -0.39 is 30.3 Å². The van der Waals surface area contributed by atoms with Crippen molar-refractivity contribution in [2.45, 2.75) is 32.0 Å². The zero-order chi connectivity index (χ0) is 23.0. The predicted octanol–water partition coefficient (Wildman–Crippen LogP) is 4.92. The fourth-order valence-corrected chi connectivity index (χ4v) is 3.06. The first-order valence-electron chi connectivity index (χ1n) is 9.53. The lowest BCUT2D eigenvalue weighted by atomic mass is 9.99. The number of hydrogen-bond acceptors (Lipinski definition) is 4. The molecular weight excluding hydrogens is 431 g/mol. The number of halogens is 4. The van der Waals surface area contributed by atoms with Crippen LogP contribution in [0.1, 0.15) is 36.9 Å². The van der Waals surface area contributed by atoms with Crippen molar-refractivity contribution in [3.05, 3.63) is 76.5 Å². The van der Waals surface area contributed by atoms with Crippen LogP contribution in [0.4, 0.5) is 18.9 Å². The van der Waals surface area contributed by atoms with Crippen molar-refractivity contribution in [3.8, 4) is 0 Å². The molecule has 0 aliphatic rings. The molecule has 0 aromatic heterocycles. The van der Waals surface area contributed by atoms with Gasteiger partial charge in [0.25, 0.3) is 5.91 Å². The van der Waals surface area contributed by atoms with Crippen molar-refractivity contribution >= 4 is 28.9 Å². The highest BCUT2D eigenvalue weighted by molar-refractivity contribution is 6.30. The van der Waals surface area contributed by atoms with E-state index in [1.165, 1.54) is 12.1 Å². The number of aliphatic hydroxyl groups excluding tert-OH is 1. The summed E-state index contributed by atoms with van der Waals surface area (Å²) >= 11 is 5.84.